The zero-order valence-electron chi connectivity index (χ0n) is 14.5. The van der Waals surface area contributed by atoms with Crippen LogP contribution in [-0.4, -0.2) is 28.0 Å². The molecule has 4 rings (SSSR count). The number of nitrogens with zero attached hydrogens (tertiary/aromatic N) is 3. The van der Waals surface area contributed by atoms with Crippen molar-refractivity contribution in [3.05, 3.63) is 82.7 Å². The number of benzene rings is 1. The van der Waals surface area contributed by atoms with Crippen LogP contribution in [0.5, 0.6) is 0 Å². The molecule has 0 fully saturated rings. The van der Waals surface area contributed by atoms with Crippen molar-refractivity contribution in [2.75, 3.05) is 7.05 Å². The third-order valence-electron chi connectivity index (χ3n) is 4.12. The minimum atomic E-state index is -0.417. The van der Waals surface area contributed by atoms with Crippen LogP contribution in [0.3, 0.4) is 0 Å². The Labute approximate surface area is 153 Å². The van der Waals surface area contributed by atoms with Gasteiger partial charge in [0.25, 0.3) is 5.91 Å². The van der Waals surface area contributed by atoms with E-state index < -0.39 is 5.91 Å². The van der Waals surface area contributed by atoms with Gasteiger partial charge in [0.2, 0.25) is 0 Å². The van der Waals surface area contributed by atoms with Crippen molar-refractivity contribution in [2.45, 2.75) is 6.54 Å². The summed E-state index contributed by atoms with van der Waals surface area (Å²) >= 11 is 0. The average Bonchev–Trinajstić information content (AvgIpc) is 3.16. The highest BCUT2D eigenvalue weighted by Crippen LogP contribution is 2.19. The van der Waals surface area contributed by atoms with Gasteiger partial charge in [-0.1, -0.05) is 17.3 Å². The highest BCUT2D eigenvalue weighted by atomic mass is 16.5. The maximum atomic E-state index is 12.6. The van der Waals surface area contributed by atoms with E-state index in [1.165, 1.54) is 11.0 Å². The van der Waals surface area contributed by atoms with E-state index in [2.05, 4.69) is 10.1 Å². The molecule has 0 atom stereocenters. The molecule has 7 nitrogen and oxygen atoms in total. The first-order valence-corrected chi connectivity index (χ1v) is 8.26. The Morgan fingerprint density at radius 2 is 1.89 bits per heavy atom. The maximum absolute atomic E-state index is 12.6. The van der Waals surface area contributed by atoms with Gasteiger partial charge in [0.1, 0.15) is 11.3 Å². The first-order chi connectivity index (χ1) is 13.1. The third-order valence-corrected chi connectivity index (χ3v) is 4.12. The highest BCUT2D eigenvalue weighted by Gasteiger charge is 2.18. The Bertz CT molecular complexity index is 1160. The van der Waals surface area contributed by atoms with E-state index in [0.717, 1.165) is 5.56 Å². The van der Waals surface area contributed by atoms with Crippen molar-refractivity contribution in [3.63, 3.8) is 0 Å². The molecule has 0 saturated heterocycles. The molecule has 27 heavy (non-hydrogen) atoms. The van der Waals surface area contributed by atoms with Crippen LogP contribution in [0.15, 0.2) is 74.7 Å². The Balaban J connectivity index is 1.55. The molecule has 1 aromatic carbocycles. The van der Waals surface area contributed by atoms with Gasteiger partial charge < -0.3 is 13.8 Å². The van der Waals surface area contributed by atoms with E-state index in [1.54, 1.807) is 49.8 Å². The van der Waals surface area contributed by atoms with Crippen molar-refractivity contribution in [2.24, 2.45) is 0 Å². The number of carbonyl (C=O) groups excluding carboxylic acids is 1. The minimum Gasteiger partial charge on any atom is -0.451 e. The van der Waals surface area contributed by atoms with E-state index in [1.807, 2.05) is 12.1 Å². The predicted octanol–water partition coefficient (Wildman–Crippen LogP) is 3.12. The summed E-state index contributed by atoms with van der Waals surface area (Å²) in [6, 6.07) is 13.4. The molecule has 0 bridgehead atoms. The number of pyridine rings is 1. The van der Waals surface area contributed by atoms with Crippen LogP contribution >= 0.6 is 0 Å². The number of hydrogen-bond acceptors (Lipinski definition) is 6. The summed E-state index contributed by atoms with van der Waals surface area (Å²) in [6.45, 7) is 0.188. The van der Waals surface area contributed by atoms with Crippen molar-refractivity contribution in [1.29, 1.82) is 0 Å². The van der Waals surface area contributed by atoms with Gasteiger partial charge in [-0.3, -0.25) is 14.6 Å². The molecule has 0 saturated carbocycles. The van der Waals surface area contributed by atoms with E-state index in [-0.39, 0.29) is 17.7 Å². The van der Waals surface area contributed by atoms with Crippen molar-refractivity contribution in [1.82, 2.24) is 15.0 Å². The maximum Gasteiger partial charge on any atom is 0.289 e. The van der Waals surface area contributed by atoms with Crippen LogP contribution in [0, 0.1) is 0 Å². The lowest BCUT2D eigenvalue weighted by Gasteiger charge is -2.14. The molecule has 0 spiro atoms. The molecular weight excluding hydrogens is 346 g/mol. The van der Waals surface area contributed by atoms with E-state index in [0.29, 0.717) is 22.4 Å². The summed E-state index contributed by atoms with van der Waals surface area (Å²) in [4.78, 5) is 30.2. The second-order valence-corrected chi connectivity index (χ2v) is 6.05. The van der Waals surface area contributed by atoms with Crippen molar-refractivity contribution >= 4 is 16.9 Å². The van der Waals surface area contributed by atoms with Gasteiger partial charge in [0.15, 0.2) is 16.9 Å². The molecular formula is C20H15N3O4. The predicted molar refractivity (Wildman–Crippen MR) is 98.0 cm³/mol. The van der Waals surface area contributed by atoms with Crippen molar-refractivity contribution < 1.29 is 13.7 Å². The smallest absolute Gasteiger partial charge is 0.289 e. The zero-order valence-corrected chi connectivity index (χ0v) is 14.5. The fourth-order valence-electron chi connectivity index (χ4n) is 2.75. The molecule has 134 valence electrons. The van der Waals surface area contributed by atoms with Crippen LogP contribution in [0.1, 0.15) is 16.3 Å². The summed E-state index contributed by atoms with van der Waals surface area (Å²) < 4.78 is 10.9. The van der Waals surface area contributed by atoms with Crippen LogP contribution in [-0.2, 0) is 6.54 Å². The summed E-state index contributed by atoms with van der Waals surface area (Å²) in [6.07, 6.45) is 3.34. The molecule has 3 heterocycles. The van der Waals surface area contributed by atoms with Gasteiger partial charge in [-0.25, -0.2) is 0 Å². The molecule has 7 heteroatoms. The Kier molecular flexibility index (Phi) is 4.25. The third kappa shape index (κ3) is 3.35. The summed E-state index contributed by atoms with van der Waals surface area (Å²) in [5.74, 6) is 0.0792. The zero-order chi connectivity index (χ0) is 18.8. The molecule has 0 aliphatic carbocycles. The summed E-state index contributed by atoms with van der Waals surface area (Å²) in [5.41, 5.74) is 1.65. The van der Waals surface area contributed by atoms with Gasteiger partial charge in [-0.05, 0) is 24.3 Å². The Hall–Kier alpha value is -3.74. The fourth-order valence-corrected chi connectivity index (χ4v) is 2.75. The normalized spacial score (nSPS) is 10.9. The fraction of sp³-hybridized carbons (Fsp3) is 0.100. The van der Waals surface area contributed by atoms with Crippen molar-refractivity contribution in [3.8, 4) is 11.3 Å². The van der Waals surface area contributed by atoms with Crippen LogP contribution in [0.2, 0.25) is 0 Å². The first-order valence-electron chi connectivity index (χ1n) is 8.26. The Morgan fingerprint density at radius 1 is 1.11 bits per heavy atom. The van der Waals surface area contributed by atoms with E-state index in [9.17, 15) is 9.59 Å². The molecule has 0 aliphatic rings. The van der Waals surface area contributed by atoms with Crippen LogP contribution < -0.4 is 5.43 Å². The highest BCUT2D eigenvalue weighted by molar-refractivity contribution is 5.93. The number of amides is 1. The van der Waals surface area contributed by atoms with E-state index in [4.69, 9.17) is 8.94 Å². The van der Waals surface area contributed by atoms with Gasteiger partial charge in [0.05, 0.1) is 11.9 Å². The van der Waals surface area contributed by atoms with Gasteiger partial charge >= 0.3 is 0 Å². The first kappa shape index (κ1) is 16.7. The molecule has 1 amide bonds. The largest absolute Gasteiger partial charge is 0.451 e. The second-order valence-electron chi connectivity index (χ2n) is 6.05. The minimum absolute atomic E-state index is 0.0185. The quantitative estimate of drug-likeness (QED) is 0.555. The lowest BCUT2D eigenvalue weighted by atomic mass is 10.2. The SMILES string of the molecule is CN(Cc1cc(-c2ccncc2)no1)C(=O)c1cc(=O)c2ccccc2o1. The number of hydrogen-bond donors (Lipinski definition) is 0. The number of para-hydroxylation sites is 1. The second kappa shape index (κ2) is 6.87. The topological polar surface area (TPSA) is 89.4 Å². The van der Waals surface area contributed by atoms with Gasteiger partial charge in [-0.2, -0.15) is 0 Å². The lowest BCUT2D eigenvalue weighted by Crippen LogP contribution is -2.26. The molecule has 0 N–H and O–H groups in total. The summed E-state index contributed by atoms with van der Waals surface area (Å²) in [7, 11) is 1.60. The molecule has 3 aromatic heterocycles. The summed E-state index contributed by atoms with van der Waals surface area (Å²) in [5, 5.41) is 4.45. The molecule has 0 radical (unpaired) electrons. The standard InChI is InChI=1S/C20H15N3O4/c1-23(12-14-10-16(22-27-14)13-6-8-21-9-7-13)20(25)19-11-17(24)15-4-2-3-5-18(15)26-19/h2-11H,12H2,1H3. The average molecular weight is 361 g/mol. The molecule has 4 aromatic rings. The van der Waals surface area contributed by atoms with E-state index >= 15 is 0 Å². The van der Waals surface area contributed by atoms with Crippen LogP contribution in [0.4, 0.5) is 0 Å². The monoisotopic (exact) mass is 361 g/mol. The van der Waals surface area contributed by atoms with Crippen LogP contribution in [0.25, 0.3) is 22.2 Å². The number of carbonyl (C=O) groups is 1. The van der Waals surface area contributed by atoms with Gasteiger partial charge in [0, 0.05) is 37.1 Å². The molecule has 0 unspecified atom stereocenters. The van der Waals surface area contributed by atoms with Gasteiger partial charge in [-0.15, -0.1) is 0 Å². The molecule has 0 aliphatic heterocycles. The number of aromatic nitrogens is 2. The number of rotatable bonds is 4. The Morgan fingerprint density at radius 3 is 2.70 bits per heavy atom. The number of fused-ring (bicyclic) bond motifs is 1. The lowest BCUT2D eigenvalue weighted by molar-refractivity contribution is 0.0741.